The van der Waals surface area contributed by atoms with E-state index in [-0.39, 0.29) is 18.4 Å². The van der Waals surface area contributed by atoms with Crippen molar-refractivity contribution in [2.75, 3.05) is 18.0 Å². The summed E-state index contributed by atoms with van der Waals surface area (Å²) in [5.74, 6) is 0.743. The smallest absolute Gasteiger partial charge is 0.225 e. The van der Waals surface area contributed by atoms with Crippen molar-refractivity contribution in [1.29, 1.82) is 5.26 Å². The molecule has 4 rings (SSSR count). The zero-order chi connectivity index (χ0) is 19.7. The number of nitrogens with zero attached hydrogens (tertiary/aromatic N) is 6. The number of aliphatic hydroxyl groups excluding tert-OH is 1. The van der Waals surface area contributed by atoms with Crippen LogP contribution in [0.4, 0.5) is 5.95 Å². The lowest BCUT2D eigenvalue weighted by Crippen LogP contribution is -2.23. The van der Waals surface area contributed by atoms with Crippen LogP contribution >= 0.6 is 0 Å². The largest absolute Gasteiger partial charge is 0.508 e. The van der Waals surface area contributed by atoms with Gasteiger partial charge in [-0.3, -0.25) is 4.68 Å². The van der Waals surface area contributed by atoms with Crippen LogP contribution in [0.15, 0.2) is 36.7 Å². The van der Waals surface area contributed by atoms with E-state index >= 15 is 0 Å². The number of hydrogen-bond donors (Lipinski definition) is 2. The Balaban J connectivity index is 1.79. The average molecular weight is 376 g/mol. The van der Waals surface area contributed by atoms with Gasteiger partial charge in [0.05, 0.1) is 17.9 Å². The molecule has 1 aliphatic heterocycles. The number of β-amino-alcohol motifs (C(OH)–C–C–N with tert-alkyl or cyclic N) is 1. The highest BCUT2D eigenvalue weighted by Crippen LogP contribution is 2.33. The molecule has 8 nitrogen and oxygen atoms in total. The Morgan fingerprint density at radius 1 is 1.32 bits per heavy atom. The highest BCUT2D eigenvalue weighted by atomic mass is 16.3. The maximum Gasteiger partial charge on any atom is 0.225 e. The Morgan fingerprint density at radius 3 is 2.89 bits per heavy atom. The van der Waals surface area contributed by atoms with Crippen molar-refractivity contribution in [3.63, 3.8) is 0 Å². The number of aryl methyl sites for hydroxylation is 1. The molecule has 0 spiro atoms. The average Bonchev–Trinajstić information content (AvgIpc) is 3.31. The summed E-state index contributed by atoms with van der Waals surface area (Å²) in [4.78, 5) is 11.0. The van der Waals surface area contributed by atoms with E-state index in [0.717, 1.165) is 16.7 Å². The highest BCUT2D eigenvalue weighted by molar-refractivity contribution is 5.79. The molecule has 0 radical (unpaired) electrons. The second-order valence-corrected chi connectivity index (χ2v) is 6.88. The Morgan fingerprint density at radius 2 is 2.18 bits per heavy atom. The summed E-state index contributed by atoms with van der Waals surface area (Å²) in [5.41, 5.74) is 3.58. The fourth-order valence-electron chi connectivity index (χ4n) is 3.31. The van der Waals surface area contributed by atoms with E-state index in [0.29, 0.717) is 36.8 Å². The number of anilines is 1. The zero-order valence-electron chi connectivity index (χ0n) is 15.4. The van der Waals surface area contributed by atoms with Crippen molar-refractivity contribution in [2.24, 2.45) is 0 Å². The van der Waals surface area contributed by atoms with E-state index in [1.54, 1.807) is 29.2 Å². The summed E-state index contributed by atoms with van der Waals surface area (Å²) >= 11 is 0. The molecule has 8 heteroatoms. The maximum atomic E-state index is 10.1. The van der Waals surface area contributed by atoms with Gasteiger partial charge in [-0.25, -0.2) is 9.97 Å². The van der Waals surface area contributed by atoms with Crippen molar-refractivity contribution in [3.05, 3.63) is 42.2 Å². The topological polar surface area (TPSA) is 111 Å². The van der Waals surface area contributed by atoms with Crippen molar-refractivity contribution in [2.45, 2.75) is 26.0 Å². The van der Waals surface area contributed by atoms with Gasteiger partial charge in [-0.05, 0) is 31.0 Å². The first kappa shape index (κ1) is 17.9. The van der Waals surface area contributed by atoms with Crippen LogP contribution in [0.2, 0.25) is 0 Å². The Bertz CT molecular complexity index is 1060. The summed E-state index contributed by atoms with van der Waals surface area (Å²) in [6, 6.07) is 9.26. The van der Waals surface area contributed by atoms with Gasteiger partial charge in [-0.15, -0.1) is 0 Å². The van der Waals surface area contributed by atoms with Gasteiger partial charge < -0.3 is 15.1 Å². The summed E-state index contributed by atoms with van der Waals surface area (Å²) < 4.78 is 1.56. The van der Waals surface area contributed by atoms with Gasteiger partial charge in [0.2, 0.25) is 5.95 Å². The maximum absolute atomic E-state index is 10.1. The van der Waals surface area contributed by atoms with Crippen LogP contribution in [0.25, 0.3) is 22.5 Å². The van der Waals surface area contributed by atoms with E-state index in [4.69, 9.17) is 5.26 Å². The predicted molar refractivity (Wildman–Crippen MR) is 104 cm³/mol. The molecule has 1 fully saturated rings. The van der Waals surface area contributed by atoms with Crippen LogP contribution in [0.1, 0.15) is 12.0 Å². The minimum Gasteiger partial charge on any atom is -0.508 e. The molecule has 142 valence electrons. The van der Waals surface area contributed by atoms with Crippen molar-refractivity contribution in [1.82, 2.24) is 19.7 Å². The lowest BCUT2D eigenvalue weighted by molar-refractivity contribution is 0.198. The fraction of sp³-hybridized carbons (Fsp3) is 0.300. The van der Waals surface area contributed by atoms with Crippen molar-refractivity contribution >= 4 is 5.95 Å². The SMILES string of the molecule is Cc1ccc(-c2nn(CC#N)cc2-c2ccnc(N3CCC(O)C3)n2)cc1O. The molecular weight excluding hydrogens is 356 g/mol. The third-order valence-corrected chi connectivity index (χ3v) is 4.84. The van der Waals surface area contributed by atoms with Gasteiger partial charge in [0.1, 0.15) is 18.0 Å². The van der Waals surface area contributed by atoms with Gasteiger partial charge >= 0.3 is 0 Å². The van der Waals surface area contributed by atoms with Crippen molar-refractivity contribution in [3.8, 4) is 34.3 Å². The summed E-state index contributed by atoms with van der Waals surface area (Å²) in [6.45, 7) is 3.16. The van der Waals surface area contributed by atoms with E-state index in [1.807, 2.05) is 24.0 Å². The standard InChI is InChI=1S/C20H20N6O2/c1-13-2-3-14(10-18(13)28)19-16(12-26(24-19)9-6-21)17-4-7-22-20(23-17)25-8-5-15(27)11-25/h2-4,7,10,12,15,27-28H,5,8-9,11H2,1H3. The third kappa shape index (κ3) is 3.40. The number of aliphatic hydroxyl groups is 1. The Hall–Kier alpha value is -3.44. The van der Waals surface area contributed by atoms with Crippen LogP contribution in [-0.4, -0.2) is 49.2 Å². The highest BCUT2D eigenvalue weighted by Gasteiger charge is 2.23. The molecule has 0 bridgehead atoms. The van der Waals surface area contributed by atoms with Crippen LogP contribution in [0.3, 0.4) is 0 Å². The summed E-state index contributed by atoms with van der Waals surface area (Å²) in [5, 5.41) is 33.5. The van der Waals surface area contributed by atoms with E-state index in [9.17, 15) is 10.2 Å². The second-order valence-electron chi connectivity index (χ2n) is 6.88. The number of aromatic hydroxyl groups is 1. The number of nitriles is 1. The molecule has 0 amide bonds. The molecule has 1 saturated heterocycles. The zero-order valence-corrected chi connectivity index (χ0v) is 15.4. The number of benzene rings is 1. The van der Waals surface area contributed by atoms with Gasteiger partial charge in [0.25, 0.3) is 0 Å². The molecule has 3 aromatic rings. The molecule has 3 heterocycles. The van der Waals surface area contributed by atoms with E-state index in [2.05, 4.69) is 21.1 Å². The van der Waals surface area contributed by atoms with Crippen molar-refractivity contribution < 1.29 is 10.2 Å². The number of phenols is 1. The monoisotopic (exact) mass is 376 g/mol. The molecule has 2 aromatic heterocycles. The van der Waals surface area contributed by atoms with E-state index in [1.165, 1.54) is 0 Å². The van der Waals surface area contributed by atoms with Crippen LogP contribution in [-0.2, 0) is 6.54 Å². The predicted octanol–water partition coefficient (Wildman–Crippen LogP) is 2.12. The van der Waals surface area contributed by atoms with Crippen LogP contribution < -0.4 is 4.90 Å². The quantitative estimate of drug-likeness (QED) is 0.717. The summed E-state index contributed by atoms with van der Waals surface area (Å²) in [7, 11) is 0. The third-order valence-electron chi connectivity index (χ3n) is 4.84. The second kappa shape index (κ2) is 7.29. The first-order valence-corrected chi connectivity index (χ1v) is 9.06. The van der Waals surface area contributed by atoms with E-state index < -0.39 is 0 Å². The molecule has 0 aliphatic carbocycles. The van der Waals surface area contributed by atoms with Gasteiger partial charge in [0, 0.05) is 36.6 Å². The number of hydrogen-bond acceptors (Lipinski definition) is 7. The molecule has 0 saturated carbocycles. The lowest BCUT2D eigenvalue weighted by atomic mass is 10.0. The van der Waals surface area contributed by atoms with Crippen LogP contribution in [0.5, 0.6) is 5.75 Å². The number of aromatic nitrogens is 4. The van der Waals surface area contributed by atoms with Gasteiger partial charge in [0.15, 0.2) is 0 Å². The minimum absolute atomic E-state index is 0.112. The molecular formula is C20H20N6O2. The molecule has 1 aliphatic rings. The number of phenolic OH excluding ortho intramolecular Hbond substituents is 1. The Kier molecular flexibility index (Phi) is 4.67. The molecule has 1 unspecified atom stereocenters. The normalized spacial score (nSPS) is 16.3. The minimum atomic E-state index is -0.364. The first-order chi connectivity index (χ1) is 13.5. The molecule has 1 atom stereocenters. The lowest BCUT2D eigenvalue weighted by Gasteiger charge is -2.15. The first-order valence-electron chi connectivity index (χ1n) is 9.06. The molecule has 2 N–H and O–H groups in total. The van der Waals surface area contributed by atoms with Gasteiger partial charge in [-0.2, -0.15) is 10.4 Å². The van der Waals surface area contributed by atoms with Gasteiger partial charge in [-0.1, -0.05) is 12.1 Å². The molecule has 28 heavy (non-hydrogen) atoms. The van der Waals surface area contributed by atoms with Crippen LogP contribution in [0, 0.1) is 18.3 Å². The Labute approximate surface area is 162 Å². The fourth-order valence-corrected chi connectivity index (χ4v) is 3.31. The molecule has 1 aromatic carbocycles. The summed E-state index contributed by atoms with van der Waals surface area (Å²) in [6.07, 6.45) is 3.79. The number of rotatable bonds is 4.